The molecule has 0 amide bonds. The van der Waals surface area contributed by atoms with Crippen molar-refractivity contribution in [1.82, 2.24) is 0 Å². The maximum absolute atomic E-state index is 11.5. The van der Waals surface area contributed by atoms with Crippen LogP contribution < -0.4 is 4.90 Å². The molecule has 0 radical (unpaired) electrons. The van der Waals surface area contributed by atoms with Gasteiger partial charge in [-0.2, -0.15) is 0 Å². The Hall–Kier alpha value is -3.58. The van der Waals surface area contributed by atoms with Crippen molar-refractivity contribution < 1.29 is 9.90 Å². The minimum absolute atomic E-state index is 0.231. The van der Waals surface area contributed by atoms with Gasteiger partial charge < -0.3 is 10.0 Å². The Bertz CT molecular complexity index is 979. The molecule has 1 N–H and O–H groups in total. The van der Waals surface area contributed by atoms with E-state index in [1.165, 1.54) is 0 Å². The summed E-state index contributed by atoms with van der Waals surface area (Å²) in [6.07, 6.45) is 7.19. The normalized spacial score (nSPS) is 15.2. The molecule has 4 nitrogen and oxygen atoms in total. The third-order valence-corrected chi connectivity index (χ3v) is 4.34. The zero-order valence-electron chi connectivity index (χ0n) is 14.4. The maximum atomic E-state index is 11.5. The van der Waals surface area contributed by atoms with Crippen LogP contribution in [0.3, 0.4) is 0 Å². The van der Waals surface area contributed by atoms with E-state index >= 15 is 0 Å². The highest BCUT2D eigenvalue weighted by atomic mass is 16.4. The lowest BCUT2D eigenvalue weighted by Crippen LogP contribution is -2.21. The lowest BCUT2D eigenvalue weighted by atomic mass is 9.98. The number of hydrogen-bond donors (Lipinski definition) is 1. The lowest BCUT2D eigenvalue weighted by molar-refractivity contribution is -0.132. The van der Waals surface area contributed by atoms with Gasteiger partial charge in [0, 0.05) is 22.9 Å². The Morgan fingerprint density at radius 1 is 1.31 bits per heavy atom. The van der Waals surface area contributed by atoms with Crippen molar-refractivity contribution in [2.75, 3.05) is 11.4 Å². The van der Waals surface area contributed by atoms with Crippen LogP contribution in [0.15, 0.2) is 77.6 Å². The van der Waals surface area contributed by atoms with Crippen LogP contribution in [0.4, 0.5) is 5.69 Å². The van der Waals surface area contributed by atoms with Gasteiger partial charge in [-0.1, -0.05) is 42.8 Å². The van der Waals surface area contributed by atoms with Gasteiger partial charge in [-0.25, -0.2) is 4.79 Å². The molecule has 0 aromatic heterocycles. The lowest BCUT2D eigenvalue weighted by Gasteiger charge is -2.24. The van der Waals surface area contributed by atoms with Gasteiger partial charge in [0.15, 0.2) is 0 Å². The smallest absolute Gasteiger partial charge is 0.333 e. The van der Waals surface area contributed by atoms with Gasteiger partial charge >= 0.3 is 5.97 Å². The predicted molar refractivity (Wildman–Crippen MR) is 104 cm³/mol. The minimum atomic E-state index is -0.980. The van der Waals surface area contributed by atoms with E-state index in [9.17, 15) is 9.90 Å². The van der Waals surface area contributed by atoms with Crippen LogP contribution in [0.25, 0.3) is 0 Å². The van der Waals surface area contributed by atoms with Crippen LogP contribution in [0.1, 0.15) is 23.6 Å². The second-order valence-corrected chi connectivity index (χ2v) is 5.84. The molecule has 4 heteroatoms. The average molecular weight is 342 g/mol. The number of terminal acetylenes is 1. The Morgan fingerprint density at radius 3 is 2.65 bits per heavy atom. The van der Waals surface area contributed by atoms with Crippen molar-refractivity contribution >= 4 is 17.4 Å². The number of benzodiazepines with no additional fused rings is 1. The number of anilines is 1. The quantitative estimate of drug-likeness (QED) is 0.681. The number of carboxylic acid groups (broad SMARTS) is 1. The van der Waals surface area contributed by atoms with Gasteiger partial charge in [-0.15, -0.1) is 6.42 Å². The fourth-order valence-electron chi connectivity index (χ4n) is 2.96. The summed E-state index contributed by atoms with van der Waals surface area (Å²) in [6, 6.07) is 15.4. The number of aliphatic carboxylic acids is 1. The van der Waals surface area contributed by atoms with E-state index in [-0.39, 0.29) is 12.1 Å². The average Bonchev–Trinajstić information content (AvgIpc) is 2.83. The zero-order valence-corrected chi connectivity index (χ0v) is 14.4. The summed E-state index contributed by atoms with van der Waals surface area (Å²) < 4.78 is 0. The molecule has 26 heavy (non-hydrogen) atoms. The van der Waals surface area contributed by atoms with Crippen LogP contribution in [0, 0.1) is 12.3 Å². The molecule has 0 saturated heterocycles. The largest absolute Gasteiger partial charge is 0.478 e. The number of rotatable bonds is 3. The van der Waals surface area contributed by atoms with Gasteiger partial charge in [0.2, 0.25) is 0 Å². The third kappa shape index (κ3) is 3.03. The molecule has 2 aromatic carbocycles. The summed E-state index contributed by atoms with van der Waals surface area (Å²) >= 11 is 0. The molecule has 1 aliphatic heterocycles. The van der Waals surface area contributed by atoms with Crippen LogP contribution in [0.2, 0.25) is 0 Å². The molecule has 0 atom stereocenters. The molecule has 0 fully saturated rings. The molecule has 0 bridgehead atoms. The van der Waals surface area contributed by atoms with E-state index in [2.05, 4.69) is 12.5 Å². The number of fused-ring (bicyclic) bond motifs is 1. The summed E-state index contributed by atoms with van der Waals surface area (Å²) in [5.41, 5.74) is 4.91. The number of benzene rings is 2. The van der Waals surface area contributed by atoms with E-state index in [0.29, 0.717) is 5.70 Å². The van der Waals surface area contributed by atoms with Crippen LogP contribution in [-0.4, -0.2) is 23.3 Å². The fraction of sp³-hybridized carbons (Fsp3) is 0.0909. The van der Waals surface area contributed by atoms with Gasteiger partial charge in [0.25, 0.3) is 0 Å². The van der Waals surface area contributed by atoms with Crippen molar-refractivity contribution in [3.8, 4) is 12.3 Å². The second-order valence-electron chi connectivity index (χ2n) is 5.84. The third-order valence-electron chi connectivity index (χ3n) is 4.34. The number of nitrogens with zero attached hydrogens (tertiary/aromatic N) is 2. The van der Waals surface area contributed by atoms with Crippen molar-refractivity contribution in [3.05, 3.63) is 89.3 Å². The summed E-state index contributed by atoms with van der Waals surface area (Å²) in [4.78, 5) is 18.0. The Morgan fingerprint density at radius 2 is 2.04 bits per heavy atom. The first-order valence-electron chi connectivity index (χ1n) is 8.12. The van der Waals surface area contributed by atoms with Gasteiger partial charge in [-0.3, -0.25) is 4.99 Å². The van der Waals surface area contributed by atoms with E-state index in [0.717, 1.165) is 28.1 Å². The Balaban J connectivity index is 2.32. The van der Waals surface area contributed by atoms with Crippen LogP contribution in [-0.2, 0) is 4.79 Å². The molecule has 0 unspecified atom stereocenters. The first-order chi connectivity index (χ1) is 12.6. The molecule has 1 heterocycles. The van der Waals surface area contributed by atoms with E-state index in [1.807, 2.05) is 48.5 Å². The molecule has 3 rings (SSSR count). The highest BCUT2D eigenvalue weighted by Crippen LogP contribution is 2.32. The summed E-state index contributed by atoms with van der Waals surface area (Å²) in [7, 11) is 0. The molecule has 2 aromatic rings. The van der Waals surface area contributed by atoms with Crippen LogP contribution in [0.5, 0.6) is 0 Å². The van der Waals surface area contributed by atoms with Crippen molar-refractivity contribution in [2.24, 2.45) is 4.99 Å². The van der Waals surface area contributed by atoms with E-state index < -0.39 is 5.97 Å². The van der Waals surface area contributed by atoms with E-state index in [1.54, 1.807) is 18.0 Å². The number of aliphatic imine (C=N–C) groups is 1. The highest BCUT2D eigenvalue weighted by Gasteiger charge is 2.24. The molecular weight excluding hydrogens is 324 g/mol. The standard InChI is InChI=1S/C22H18N2O2/c1-4-16-11-12-19-18(13-16)21(17-9-7-6-8-10-17)23-14-20(24(19)5-2)15(3)22(25)26/h1,5-13H,2,14H2,3H3,(H,25,26)/b20-15+. The highest BCUT2D eigenvalue weighted by molar-refractivity contribution is 6.17. The topological polar surface area (TPSA) is 52.9 Å². The predicted octanol–water partition coefficient (Wildman–Crippen LogP) is 3.83. The van der Waals surface area contributed by atoms with Gasteiger partial charge in [-0.05, 0) is 25.1 Å². The summed E-state index contributed by atoms with van der Waals surface area (Å²) in [5, 5.41) is 9.46. The zero-order chi connectivity index (χ0) is 18.7. The fourth-order valence-corrected chi connectivity index (χ4v) is 2.96. The summed E-state index contributed by atoms with van der Waals surface area (Å²) in [5.74, 6) is 1.67. The molecule has 1 aliphatic rings. The molecular formula is C22H18N2O2. The second kappa shape index (κ2) is 7.12. The maximum Gasteiger partial charge on any atom is 0.333 e. The van der Waals surface area contributed by atoms with Crippen LogP contribution >= 0.6 is 0 Å². The molecule has 0 saturated carbocycles. The number of hydrogen-bond acceptors (Lipinski definition) is 3. The SMILES string of the molecule is C#Cc1ccc2c(c1)C(c1ccccc1)=NC/C(=C(/C)C(=O)O)N2C=C. The monoisotopic (exact) mass is 342 g/mol. The molecule has 0 spiro atoms. The number of carbonyl (C=O) groups is 1. The first-order valence-corrected chi connectivity index (χ1v) is 8.12. The summed E-state index contributed by atoms with van der Waals surface area (Å²) in [6.45, 7) is 5.67. The molecule has 128 valence electrons. The minimum Gasteiger partial charge on any atom is -0.478 e. The van der Waals surface area contributed by atoms with Gasteiger partial charge in [0.1, 0.15) is 0 Å². The molecule has 0 aliphatic carbocycles. The van der Waals surface area contributed by atoms with Crippen molar-refractivity contribution in [2.45, 2.75) is 6.92 Å². The number of carboxylic acids is 1. The van der Waals surface area contributed by atoms with E-state index in [4.69, 9.17) is 11.4 Å². The Kier molecular flexibility index (Phi) is 4.72. The first kappa shape index (κ1) is 17.2. The van der Waals surface area contributed by atoms with Gasteiger partial charge in [0.05, 0.1) is 29.2 Å². The Labute approximate surface area is 152 Å². The van der Waals surface area contributed by atoms with Crippen molar-refractivity contribution in [3.63, 3.8) is 0 Å². The van der Waals surface area contributed by atoms with Crippen molar-refractivity contribution in [1.29, 1.82) is 0 Å².